The minimum absolute atomic E-state index is 0.0101. The maximum Gasteiger partial charge on any atom is 0.410 e. The van der Waals surface area contributed by atoms with Gasteiger partial charge in [0.25, 0.3) is 0 Å². The first-order valence-electron chi connectivity index (χ1n) is 16.0. The normalized spacial score (nSPS) is 20.5. The third-order valence-electron chi connectivity index (χ3n) is 8.62. The van der Waals surface area contributed by atoms with Crippen LogP contribution < -0.4 is 14.8 Å². The van der Waals surface area contributed by atoms with Crippen LogP contribution in [0.2, 0.25) is 18.1 Å². The van der Waals surface area contributed by atoms with Crippen molar-refractivity contribution in [3.63, 3.8) is 0 Å². The standard InChI is InChI=1S/C34H53N3O8Si/c1-11-21-42-31(39)36-19-12-13-26(36)30(38)35-18-16-24-22-25(14-15-28(24)41-8)44-29-17-20-37(32(40)45-33(2,3)4)27(29)23-43-46(9,10)34(5,6)7/h11,14-16,18,22,26-27,29H,1,12-13,17,19-21,23H2,2-10H3,(H,35,38)/b18-16-/t26-,27+,29-/m0/s1. The fraction of sp³-hybridized carbons (Fsp3) is 0.618. The number of nitrogens with one attached hydrogen (secondary N) is 1. The van der Waals surface area contributed by atoms with Gasteiger partial charge in [-0.2, -0.15) is 0 Å². The summed E-state index contributed by atoms with van der Waals surface area (Å²) in [5.74, 6) is 0.883. The number of hydrogen-bond acceptors (Lipinski definition) is 8. The molecule has 0 aliphatic carbocycles. The van der Waals surface area contributed by atoms with Crippen molar-refractivity contribution in [2.45, 2.75) is 103 Å². The Kier molecular flexibility index (Phi) is 12.4. The molecule has 1 aromatic carbocycles. The zero-order chi connectivity index (χ0) is 34.3. The lowest BCUT2D eigenvalue weighted by atomic mass is 10.1. The van der Waals surface area contributed by atoms with Crippen molar-refractivity contribution in [2.24, 2.45) is 0 Å². The average molecular weight is 660 g/mol. The van der Waals surface area contributed by atoms with E-state index >= 15 is 0 Å². The van der Waals surface area contributed by atoms with Crippen molar-refractivity contribution in [2.75, 3.05) is 33.4 Å². The van der Waals surface area contributed by atoms with Gasteiger partial charge in [-0.05, 0) is 76.0 Å². The van der Waals surface area contributed by atoms with E-state index in [2.05, 4.69) is 45.8 Å². The summed E-state index contributed by atoms with van der Waals surface area (Å²) in [5.41, 5.74) is 0.0586. The van der Waals surface area contributed by atoms with E-state index in [1.54, 1.807) is 24.2 Å². The van der Waals surface area contributed by atoms with Crippen LogP contribution in [0, 0.1) is 0 Å². The molecule has 3 atom stereocenters. The summed E-state index contributed by atoms with van der Waals surface area (Å²) in [4.78, 5) is 41.7. The van der Waals surface area contributed by atoms with E-state index < -0.39 is 26.1 Å². The summed E-state index contributed by atoms with van der Waals surface area (Å²) in [6, 6.07) is 4.50. The van der Waals surface area contributed by atoms with E-state index in [0.29, 0.717) is 56.0 Å². The van der Waals surface area contributed by atoms with Crippen LogP contribution in [-0.4, -0.2) is 93.4 Å². The van der Waals surface area contributed by atoms with E-state index in [1.807, 2.05) is 32.9 Å². The Labute approximate surface area is 275 Å². The smallest absolute Gasteiger partial charge is 0.410 e. The molecular weight excluding hydrogens is 606 g/mol. The third-order valence-corrected chi connectivity index (χ3v) is 13.1. The molecule has 0 radical (unpaired) electrons. The fourth-order valence-electron chi connectivity index (χ4n) is 5.09. The molecule has 0 unspecified atom stereocenters. The highest BCUT2D eigenvalue weighted by molar-refractivity contribution is 6.74. The van der Waals surface area contributed by atoms with Crippen LogP contribution in [0.4, 0.5) is 9.59 Å². The average Bonchev–Trinajstić information content (AvgIpc) is 3.61. The number of likely N-dealkylation sites (tertiary alicyclic amines) is 2. The number of carbonyl (C=O) groups excluding carboxylic acids is 3. The van der Waals surface area contributed by atoms with Crippen molar-refractivity contribution in [1.29, 1.82) is 0 Å². The molecule has 0 bridgehead atoms. The second kappa shape index (κ2) is 15.4. The molecule has 256 valence electrons. The molecule has 2 saturated heterocycles. The zero-order valence-electron chi connectivity index (χ0n) is 29.0. The molecule has 2 aliphatic rings. The predicted octanol–water partition coefficient (Wildman–Crippen LogP) is 6.35. The van der Waals surface area contributed by atoms with Crippen molar-refractivity contribution >= 4 is 32.5 Å². The molecule has 0 saturated carbocycles. The SMILES string of the molecule is C=CCOC(=O)N1CCC[C@H]1C(=O)N/C=C\c1cc(O[C@H]2CCN(C(=O)OC(C)(C)C)[C@@H]2CO[Si](C)(C)C(C)(C)C)ccc1OC. The fourth-order valence-corrected chi connectivity index (χ4v) is 6.11. The van der Waals surface area contributed by atoms with Crippen LogP contribution in [0.5, 0.6) is 11.5 Å². The molecule has 1 aromatic rings. The molecule has 3 rings (SSSR count). The van der Waals surface area contributed by atoms with Crippen molar-refractivity contribution < 1.29 is 37.8 Å². The summed E-state index contributed by atoms with van der Waals surface area (Å²) in [7, 11) is -0.534. The Balaban J connectivity index is 1.75. The molecule has 46 heavy (non-hydrogen) atoms. The molecule has 2 heterocycles. The minimum Gasteiger partial charge on any atom is -0.496 e. The van der Waals surface area contributed by atoms with Gasteiger partial charge in [0.1, 0.15) is 35.9 Å². The van der Waals surface area contributed by atoms with Crippen molar-refractivity contribution in [3.05, 3.63) is 42.6 Å². The van der Waals surface area contributed by atoms with Gasteiger partial charge < -0.3 is 28.7 Å². The summed E-state index contributed by atoms with van der Waals surface area (Å²) >= 11 is 0. The molecule has 0 spiro atoms. The molecule has 0 aromatic heterocycles. The largest absolute Gasteiger partial charge is 0.496 e. The molecular formula is C34H53N3O8Si. The summed E-state index contributed by atoms with van der Waals surface area (Å²) < 4.78 is 29.5. The summed E-state index contributed by atoms with van der Waals surface area (Å²) in [6.45, 7) is 21.4. The van der Waals surface area contributed by atoms with E-state index in [-0.39, 0.29) is 35.8 Å². The number of carbonyl (C=O) groups is 3. The van der Waals surface area contributed by atoms with Gasteiger partial charge in [-0.3, -0.25) is 14.6 Å². The maximum atomic E-state index is 13.2. The molecule has 1 N–H and O–H groups in total. The van der Waals surface area contributed by atoms with E-state index in [0.717, 1.165) is 0 Å². The quantitative estimate of drug-likeness (QED) is 0.216. The van der Waals surface area contributed by atoms with Crippen molar-refractivity contribution in [3.8, 4) is 11.5 Å². The number of methoxy groups -OCH3 is 1. The summed E-state index contributed by atoms with van der Waals surface area (Å²) in [6.07, 6.45) is 5.39. The van der Waals surface area contributed by atoms with Gasteiger partial charge in [0, 0.05) is 31.3 Å². The van der Waals surface area contributed by atoms with Gasteiger partial charge in [-0.25, -0.2) is 9.59 Å². The van der Waals surface area contributed by atoms with Crippen LogP contribution in [0.25, 0.3) is 6.08 Å². The van der Waals surface area contributed by atoms with Crippen LogP contribution in [0.3, 0.4) is 0 Å². The van der Waals surface area contributed by atoms with Gasteiger partial charge in [0.2, 0.25) is 5.91 Å². The number of hydrogen-bond donors (Lipinski definition) is 1. The topological polar surface area (TPSA) is 116 Å². The first-order chi connectivity index (χ1) is 21.5. The zero-order valence-corrected chi connectivity index (χ0v) is 30.0. The van der Waals surface area contributed by atoms with E-state index in [1.165, 1.54) is 17.2 Å². The van der Waals surface area contributed by atoms with Crippen LogP contribution >= 0.6 is 0 Å². The lowest BCUT2D eigenvalue weighted by molar-refractivity contribution is -0.124. The Morgan fingerprint density at radius 3 is 2.39 bits per heavy atom. The first kappa shape index (κ1) is 36.9. The predicted molar refractivity (Wildman–Crippen MR) is 180 cm³/mol. The van der Waals surface area contributed by atoms with Crippen LogP contribution in [-0.2, 0) is 18.7 Å². The number of amides is 3. The van der Waals surface area contributed by atoms with Crippen LogP contribution in [0.15, 0.2) is 37.1 Å². The lowest BCUT2D eigenvalue weighted by Gasteiger charge is -2.38. The number of ether oxygens (including phenoxy) is 4. The minimum atomic E-state index is -2.10. The van der Waals surface area contributed by atoms with Gasteiger partial charge in [-0.15, -0.1) is 0 Å². The molecule has 3 amide bonds. The number of nitrogens with zero attached hydrogens (tertiary/aromatic N) is 2. The maximum absolute atomic E-state index is 13.2. The first-order valence-corrected chi connectivity index (χ1v) is 18.9. The Morgan fingerprint density at radius 1 is 1.04 bits per heavy atom. The Morgan fingerprint density at radius 2 is 1.76 bits per heavy atom. The second-order valence-electron chi connectivity index (χ2n) is 14.2. The molecule has 2 aliphatic heterocycles. The Bertz CT molecular complexity index is 1270. The molecule has 12 heteroatoms. The summed E-state index contributed by atoms with van der Waals surface area (Å²) in [5, 5.41) is 2.80. The number of rotatable bonds is 11. The highest BCUT2D eigenvalue weighted by Gasteiger charge is 2.44. The van der Waals surface area contributed by atoms with Gasteiger partial charge in [0.15, 0.2) is 8.32 Å². The number of benzene rings is 1. The van der Waals surface area contributed by atoms with Gasteiger partial charge in [0.05, 0.1) is 19.8 Å². The monoisotopic (exact) mass is 659 g/mol. The molecule has 11 nitrogen and oxygen atoms in total. The lowest BCUT2D eigenvalue weighted by Crippen LogP contribution is -2.50. The second-order valence-corrected chi connectivity index (χ2v) is 19.0. The third kappa shape index (κ3) is 9.74. The van der Waals surface area contributed by atoms with E-state index in [4.69, 9.17) is 23.4 Å². The van der Waals surface area contributed by atoms with Crippen molar-refractivity contribution in [1.82, 2.24) is 15.1 Å². The van der Waals surface area contributed by atoms with E-state index in [9.17, 15) is 14.4 Å². The highest BCUT2D eigenvalue weighted by atomic mass is 28.4. The van der Waals surface area contributed by atoms with Gasteiger partial charge >= 0.3 is 12.2 Å². The highest BCUT2D eigenvalue weighted by Crippen LogP contribution is 2.38. The van der Waals surface area contributed by atoms with Crippen LogP contribution in [0.1, 0.15) is 66.4 Å². The van der Waals surface area contributed by atoms with Gasteiger partial charge in [-0.1, -0.05) is 33.4 Å². The Hall–Kier alpha value is -3.51. The molecule has 2 fully saturated rings.